The summed E-state index contributed by atoms with van der Waals surface area (Å²) >= 11 is 0. The van der Waals surface area contributed by atoms with Gasteiger partial charge < -0.3 is 10.2 Å². The fraction of sp³-hybridized carbons (Fsp3) is 0.316. The Morgan fingerprint density at radius 1 is 1.15 bits per heavy atom. The van der Waals surface area contributed by atoms with Gasteiger partial charge in [0.15, 0.2) is 0 Å². The molecule has 0 aliphatic carbocycles. The maximum Gasteiger partial charge on any atom is 0.269 e. The van der Waals surface area contributed by atoms with Gasteiger partial charge in [0, 0.05) is 42.9 Å². The number of carbonyl (C=O) groups is 1. The number of likely N-dealkylation sites (N-methyl/N-ethyl adjacent to an activating group) is 1. The van der Waals surface area contributed by atoms with E-state index in [2.05, 4.69) is 37.9 Å². The summed E-state index contributed by atoms with van der Waals surface area (Å²) in [5, 5.41) is 13.3. The zero-order valence-corrected chi connectivity index (χ0v) is 15.5. The van der Waals surface area contributed by atoms with Crippen LogP contribution in [-0.4, -0.2) is 64.2 Å². The highest BCUT2D eigenvalue weighted by atomic mass is 16.2. The quantitative estimate of drug-likeness (QED) is 0.654. The Bertz CT molecular complexity index is 960. The summed E-state index contributed by atoms with van der Waals surface area (Å²) in [5.41, 5.74) is 6.13. The molecule has 0 radical (unpaired) electrons. The fourth-order valence-corrected chi connectivity index (χ4v) is 3.11. The molecule has 1 aromatic carbocycles. The summed E-state index contributed by atoms with van der Waals surface area (Å²) < 4.78 is 0. The SMILES string of the molecule is Cc1ccc(C(=O)NN2CCN(C)CC2)c(Nc2ccc3cn[nH]c3c2)n1. The van der Waals surface area contributed by atoms with Crippen LogP contribution in [0.1, 0.15) is 16.1 Å². The summed E-state index contributed by atoms with van der Waals surface area (Å²) in [7, 11) is 2.08. The Labute approximate surface area is 157 Å². The summed E-state index contributed by atoms with van der Waals surface area (Å²) in [5.74, 6) is 0.387. The molecule has 3 heterocycles. The second kappa shape index (κ2) is 7.34. The molecule has 27 heavy (non-hydrogen) atoms. The molecule has 4 rings (SSSR count). The summed E-state index contributed by atoms with van der Waals surface area (Å²) in [6.07, 6.45) is 1.78. The van der Waals surface area contributed by atoms with Crippen LogP contribution in [-0.2, 0) is 0 Å². The van der Waals surface area contributed by atoms with Crippen LogP contribution < -0.4 is 10.7 Å². The van der Waals surface area contributed by atoms with Crippen molar-refractivity contribution in [1.82, 2.24) is 30.5 Å². The molecule has 1 saturated heterocycles. The number of hydrogen-bond donors (Lipinski definition) is 3. The molecule has 0 spiro atoms. The number of aromatic amines is 1. The second-order valence-corrected chi connectivity index (χ2v) is 6.88. The van der Waals surface area contributed by atoms with Crippen molar-refractivity contribution in [2.24, 2.45) is 0 Å². The molecule has 1 amide bonds. The first-order valence-corrected chi connectivity index (χ1v) is 9.01. The average molecular weight is 365 g/mol. The Kier molecular flexibility index (Phi) is 4.74. The van der Waals surface area contributed by atoms with Gasteiger partial charge in [-0.25, -0.2) is 9.99 Å². The topological polar surface area (TPSA) is 89.2 Å². The van der Waals surface area contributed by atoms with Crippen LogP contribution in [0.3, 0.4) is 0 Å². The van der Waals surface area contributed by atoms with Crippen LogP contribution >= 0.6 is 0 Å². The van der Waals surface area contributed by atoms with Gasteiger partial charge in [-0.05, 0) is 44.3 Å². The zero-order chi connectivity index (χ0) is 18.8. The van der Waals surface area contributed by atoms with Gasteiger partial charge in [-0.15, -0.1) is 0 Å². The van der Waals surface area contributed by atoms with E-state index in [1.165, 1.54) is 0 Å². The van der Waals surface area contributed by atoms with E-state index in [1.807, 2.05) is 42.3 Å². The number of aromatic nitrogens is 3. The predicted octanol–water partition coefficient (Wildman–Crippen LogP) is 1.90. The number of benzene rings is 1. The van der Waals surface area contributed by atoms with Gasteiger partial charge in [0.2, 0.25) is 0 Å². The molecular weight excluding hydrogens is 342 g/mol. The smallest absolute Gasteiger partial charge is 0.269 e. The number of carbonyl (C=O) groups excluding carboxylic acids is 1. The largest absolute Gasteiger partial charge is 0.339 e. The van der Waals surface area contributed by atoms with E-state index in [0.717, 1.165) is 48.5 Å². The number of anilines is 2. The molecule has 3 aromatic rings. The Morgan fingerprint density at radius 2 is 1.96 bits per heavy atom. The van der Waals surface area contributed by atoms with Gasteiger partial charge in [-0.1, -0.05) is 0 Å². The van der Waals surface area contributed by atoms with E-state index < -0.39 is 0 Å². The van der Waals surface area contributed by atoms with E-state index in [-0.39, 0.29) is 5.91 Å². The summed E-state index contributed by atoms with van der Waals surface area (Å²) in [6, 6.07) is 9.53. The lowest BCUT2D eigenvalue weighted by atomic mass is 10.2. The van der Waals surface area contributed by atoms with E-state index in [1.54, 1.807) is 6.20 Å². The third-order valence-corrected chi connectivity index (χ3v) is 4.75. The van der Waals surface area contributed by atoms with Crippen molar-refractivity contribution in [3.63, 3.8) is 0 Å². The van der Waals surface area contributed by atoms with Crippen molar-refractivity contribution in [3.8, 4) is 0 Å². The van der Waals surface area contributed by atoms with E-state index in [0.29, 0.717) is 11.4 Å². The van der Waals surface area contributed by atoms with Crippen molar-refractivity contribution in [3.05, 3.63) is 47.8 Å². The predicted molar refractivity (Wildman–Crippen MR) is 105 cm³/mol. The van der Waals surface area contributed by atoms with Crippen LogP contribution in [0.25, 0.3) is 10.9 Å². The molecule has 140 valence electrons. The normalized spacial score (nSPS) is 15.8. The van der Waals surface area contributed by atoms with Crippen LogP contribution in [0.2, 0.25) is 0 Å². The first-order valence-electron chi connectivity index (χ1n) is 9.01. The molecule has 2 aromatic heterocycles. The minimum atomic E-state index is -0.155. The van der Waals surface area contributed by atoms with Crippen LogP contribution in [0, 0.1) is 6.92 Å². The number of hydrogen-bond acceptors (Lipinski definition) is 6. The number of amides is 1. The van der Waals surface area contributed by atoms with Gasteiger partial charge in [-0.3, -0.25) is 15.3 Å². The molecule has 1 fully saturated rings. The molecule has 0 atom stereocenters. The van der Waals surface area contributed by atoms with E-state index in [4.69, 9.17) is 0 Å². The number of aryl methyl sites for hydroxylation is 1. The number of nitrogens with one attached hydrogen (secondary N) is 3. The number of fused-ring (bicyclic) bond motifs is 1. The number of piperazine rings is 1. The number of H-pyrrole nitrogens is 1. The first-order chi connectivity index (χ1) is 13.1. The molecular formula is C19H23N7O. The maximum absolute atomic E-state index is 12.8. The number of rotatable bonds is 4. The van der Waals surface area contributed by atoms with Crippen molar-refractivity contribution in [2.75, 3.05) is 38.5 Å². The van der Waals surface area contributed by atoms with E-state index in [9.17, 15) is 4.79 Å². The molecule has 0 unspecified atom stereocenters. The van der Waals surface area contributed by atoms with Crippen molar-refractivity contribution in [1.29, 1.82) is 0 Å². The third kappa shape index (κ3) is 3.91. The second-order valence-electron chi connectivity index (χ2n) is 6.88. The van der Waals surface area contributed by atoms with Crippen LogP contribution in [0.15, 0.2) is 36.5 Å². The van der Waals surface area contributed by atoms with Crippen molar-refractivity contribution >= 4 is 28.3 Å². The standard InChI is InChI=1S/C19H23N7O/c1-13-3-6-16(19(27)24-26-9-7-25(2)8-10-26)18(21-13)22-15-5-4-14-12-20-23-17(14)11-15/h3-6,11-12H,7-10H2,1-2H3,(H,20,23)(H,21,22)(H,24,27). The Balaban J connectivity index is 1.55. The lowest BCUT2D eigenvalue weighted by Crippen LogP contribution is -2.52. The monoisotopic (exact) mass is 365 g/mol. The number of pyridine rings is 1. The van der Waals surface area contributed by atoms with Gasteiger partial charge in [0.1, 0.15) is 5.82 Å². The van der Waals surface area contributed by atoms with Crippen LogP contribution in [0.4, 0.5) is 11.5 Å². The third-order valence-electron chi connectivity index (χ3n) is 4.75. The maximum atomic E-state index is 12.8. The van der Waals surface area contributed by atoms with E-state index >= 15 is 0 Å². The highest BCUT2D eigenvalue weighted by Crippen LogP contribution is 2.23. The highest BCUT2D eigenvalue weighted by molar-refractivity contribution is 5.99. The van der Waals surface area contributed by atoms with Crippen molar-refractivity contribution < 1.29 is 4.79 Å². The summed E-state index contributed by atoms with van der Waals surface area (Å²) in [4.78, 5) is 19.6. The molecule has 1 aliphatic heterocycles. The minimum absolute atomic E-state index is 0.155. The Morgan fingerprint density at radius 3 is 2.78 bits per heavy atom. The summed E-state index contributed by atoms with van der Waals surface area (Å²) in [6.45, 7) is 5.39. The molecule has 0 saturated carbocycles. The average Bonchev–Trinajstić information content (AvgIpc) is 3.11. The highest BCUT2D eigenvalue weighted by Gasteiger charge is 2.19. The molecule has 1 aliphatic rings. The van der Waals surface area contributed by atoms with Crippen LogP contribution in [0.5, 0.6) is 0 Å². The first kappa shape index (κ1) is 17.4. The van der Waals surface area contributed by atoms with Gasteiger partial charge >= 0.3 is 0 Å². The lowest BCUT2D eigenvalue weighted by Gasteiger charge is -2.32. The molecule has 3 N–H and O–H groups in total. The molecule has 8 heteroatoms. The molecule has 8 nitrogen and oxygen atoms in total. The molecule has 0 bridgehead atoms. The van der Waals surface area contributed by atoms with Crippen molar-refractivity contribution in [2.45, 2.75) is 6.92 Å². The lowest BCUT2D eigenvalue weighted by molar-refractivity contribution is 0.0663. The fourth-order valence-electron chi connectivity index (χ4n) is 3.11. The van der Waals surface area contributed by atoms with Gasteiger partial charge in [-0.2, -0.15) is 5.10 Å². The number of nitrogens with zero attached hydrogens (tertiary/aromatic N) is 4. The zero-order valence-electron chi connectivity index (χ0n) is 15.5. The number of hydrazine groups is 1. The minimum Gasteiger partial charge on any atom is -0.339 e. The van der Waals surface area contributed by atoms with Gasteiger partial charge in [0.05, 0.1) is 17.3 Å². The van der Waals surface area contributed by atoms with Gasteiger partial charge in [0.25, 0.3) is 5.91 Å². The Hall–Kier alpha value is -2.97.